The highest BCUT2D eigenvalue weighted by Crippen LogP contribution is 2.63. The smallest absolute Gasteiger partial charge is 0.123 e. The molecule has 6 heteroatoms. The molecule has 1 aromatic carbocycles. The number of pyridine rings is 1. The topological polar surface area (TPSA) is 60.2 Å². The third kappa shape index (κ3) is 4.20. The maximum atomic E-state index is 13.5. The Morgan fingerprint density at radius 1 is 1.22 bits per heavy atom. The second kappa shape index (κ2) is 9.24. The molecule has 1 saturated carbocycles. The summed E-state index contributed by atoms with van der Waals surface area (Å²) < 4.78 is 21.9. The van der Waals surface area contributed by atoms with Crippen LogP contribution in [0.1, 0.15) is 70.2 Å². The standard InChI is InChI=1S/C30H36FN3O2/c1-5-21(2)36-20-30(19-29(4,35)24-7-6-14-32-18-24)13-12-23-15-27-22(16-28(23,30)3)17-33-34(27)26-10-8-25(31)9-11-26/h6-11,14-15,17-18,21,35H,5,12-13,16,19-20H2,1-4H3. The van der Waals surface area contributed by atoms with Gasteiger partial charge in [-0.1, -0.05) is 25.5 Å². The maximum Gasteiger partial charge on any atom is 0.123 e. The van der Waals surface area contributed by atoms with Crippen LogP contribution in [0.25, 0.3) is 11.8 Å². The summed E-state index contributed by atoms with van der Waals surface area (Å²) in [6.45, 7) is 9.09. The van der Waals surface area contributed by atoms with Crippen molar-refractivity contribution in [1.82, 2.24) is 14.8 Å². The van der Waals surface area contributed by atoms with Gasteiger partial charge in [0.1, 0.15) is 5.82 Å². The highest BCUT2D eigenvalue weighted by Gasteiger charge is 2.58. The normalized spacial score (nSPS) is 25.6. The predicted molar refractivity (Wildman–Crippen MR) is 139 cm³/mol. The van der Waals surface area contributed by atoms with E-state index in [4.69, 9.17) is 4.74 Å². The number of aliphatic hydroxyl groups is 1. The van der Waals surface area contributed by atoms with E-state index in [2.05, 4.69) is 36.9 Å². The monoisotopic (exact) mass is 489 g/mol. The van der Waals surface area contributed by atoms with Gasteiger partial charge in [-0.3, -0.25) is 4.98 Å². The average molecular weight is 490 g/mol. The van der Waals surface area contributed by atoms with Gasteiger partial charge in [0, 0.05) is 28.8 Å². The van der Waals surface area contributed by atoms with Crippen molar-refractivity contribution in [3.63, 3.8) is 0 Å². The van der Waals surface area contributed by atoms with Gasteiger partial charge in [0.15, 0.2) is 0 Å². The summed E-state index contributed by atoms with van der Waals surface area (Å²) >= 11 is 0. The summed E-state index contributed by atoms with van der Waals surface area (Å²) in [6, 6.07) is 10.3. The summed E-state index contributed by atoms with van der Waals surface area (Å²) in [5.74, 6) is -0.256. The molecule has 0 radical (unpaired) electrons. The van der Waals surface area contributed by atoms with E-state index in [9.17, 15) is 9.50 Å². The minimum absolute atomic E-state index is 0.155. The van der Waals surface area contributed by atoms with Crippen molar-refractivity contribution in [3.8, 4) is 5.69 Å². The zero-order valence-electron chi connectivity index (χ0n) is 21.7. The molecule has 2 aromatic heterocycles. The van der Waals surface area contributed by atoms with Crippen LogP contribution in [0.5, 0.6) is 0 Å². The number of aromatic nitrogens is 3. The number of nitrogens with zero attached hydrogens (tertiary/aromatic N) is 3. The molecule has 5 rings (SSSR count). The van der Waals surface area contributed by atoms with Crippen LogP contribution in [0.3, 0.4) is 0 Å². The minimum atomic E-state index is -1.04. The predicted octanol–water partition coefficient (Wildman–Crippen LogP) is 6.25. The Hall–Kier alpha value is -2.83. The lowest BCUT2D eigenvalue weighted by Crippen LogP contribution is -2.47. The Balaban J connectivity index is 1.54. The second-order valence-corrected chi connectivity index (χ2v) is 11.1. The van der Waals surface area contributed by atoms with Crippen LogP contribution in [0.2, 0.25) is 0 Å². The first kappa shape index (κ1) is 24.8. The molecule has 2 aliphatic carbocycles. The SMILES string of the molecule is CCC(C)OCC1(CC(C)(O)c2cccnc2)CCC2=Cc3c(cnn3-c3ccc(F)cc3)CC21C. The molecule has 4 atom stereocenters. The molecule has 3 aromatic rings. The quantitative estimate of drug-likeness (QED) is 0.407. The first-order valence-corrected chi connectivity index (χ1v) is 13.0. The summed E-state index contributed by atoms with van der Waals surface area (Å²) in [6.07, 6.45) is 12.1. The number of rotatable bonds is 8. The first-order chi connectivity index (χ1) is 17.2. The molecule has 2 heterocycles. The van der Waals surface area contributed by atoms with E-state index in [1.165, 1.54) is 23.3 Å². The van der Waals surface area contributed by atoms with Crippen molar-refractivity contribution in [2.24, 2.45) is 10.8 Å². The molecule has 5 nitrogen and oxygen atoms in total. The lowest BCUT2D eigenvalue weighted by molar-refractivity contribution is -0.0928. The van der Waals surface area contributed by atoms with Crippen LogP contribution in [-0.2, 0) is 16.8 Å². The maximum absolute atomic E-state index is 13.5. The number of hydrogen-bond donors (Lipinski definition) is 1. The van der Waals surface area contributed by atoms with Crippen molar-refractivity contribution in [3.05, 3.63) is 83.2 Å². The van der Waals surface area contributed by atoms with E-state index >= 15 is 0 Å². The third-order valence-corrected chi connectivity index (χ3v) is 8.75. The van der Waals surface area contributed by atoms with Crippen LogP contribution in [0, 0.1) is 16.6 Å². The number of allylic oxidation sites excluding steroid dienone is 1. The number of halogens is 1. The Morgan fingerprint density at radius 3 is 2.69 bits per heavy atom. The number of ether oxygens (including phenoxy) is 1. The molecule has 0 spiro atoms. The number of hydrogen-bond acceptors (Lipinski definition) is 4. The molecule has 1 fully saturated rings. The fraction of sp³-hybridized carbons (Fsp3) is 0.467. The molecule has 0 saturated heterocycles. The highest BCUT2D eigenvalue weighted by atomic mass is 19.1. The molecule has 0 bridgehead atoms. The Labute approximate surface area is 213 Å². The molecule has 0 amide bonds. The summed E-state index contributed by atoms with van der Waals surface area (Å²) in [7, 11) is 0. The van der Waals surface area contributed by atoms with Gasteiger partial charge in [0.2, 0.25) is 0 Å². The van der Waals surface area contributed by atoms with Crippen LogP contribution >= 0.6 is 0 Å². The lowest BCUT2D eigenvalue weighted by Gasteiger charge is -2.49. The van der Waals surface area contributed by atoms with Crippen molar-refractivity contribution < 1.29 is 14.2 Å². The minimum Gasteiger partial charge on any atom is -0.385 e. The van der Waals surface area contributed by atoms with E-state index in [-0.39, 0.29) is 22.8 Å². The van der Waals surface area contributed by atoms with Crippen LogP contribution in [0.15, 0.2) is 60.6 Å². The van der Waals surface area contributed by atoms with Gasteiger partial charge in [-0.15, -0.1) is 0 Å². The van der Waals surface area contributed by atoms with Crippen LogP contribution in [0.4, 0.5) is 4.39 Å². The van der Waals surface area contributed by atoms with Crippen molar-refractivity contribution >= 4 is 6.08 Å². The van der Waals surface area contributed by atoms with E-state index in [0.717, 1.165) is 42.6 Å². The summed E-state index contributed by atoms with van der Waals surface area (Å²) in [5, 5.41) is 16.4. The van der Waals surface area contributed by atoms with E-state index in [1.54, 1.807) is 24.5 Å². The zero-order chi connectivity index (χ0) is 25.6. The average Bonchev–Trinajstić information content (AvgIpc) is 3.39. The fourth-order valence-corrected chi connectivity index (χ4v) is 6.24. The lowest BCUT2D eigenvalue weighted by atomic mass is 9.57. The number of fused-ring (bicyclic) bond motifs is 2. The molecule has 190 valence electrons. The van der Waals surface area contributed by atoms with Gasteiger partial charge < -0.3 is 9.84 Å². The van der Waals surface area contributed by atoms with Gasteiger partial charge >= 0.3 is 0 Å². The Bertz CT molecular complexity index is 1250. The summed E-state index contributed by atoms with van der Waals surface area (Å²) in [5.41, 5.74) is 3.80. The van der Waals surface area contributed by atoms with Crippen molar-refractivity contribution in [1.29, 1.82) is 0 Å². The van der Waals surface area contributed by atoms with Gasteiger partial charge in [-0.25, -0.2) is 9.07 Å². The van der Waals surface area contributed by atoms with Gasteiger partial charge in [0.25, 0.3) is 0 Å². The van der Waals surface area contributed by atoms with E-state index in [1.807, 2.05) is 29.9 Å². The molecular weight excluding hydrogens is 453 g/mol. The molecule has 2 aliphatic rings. The third-order valence-electron chi connectivity index (χ3n) is 8.75. The van der Waals surface area contributed by atoms with E-state index in [0.29, 0.717) is 13.0 Å². The van der Waals surface area contributed by atoms with Gasteiger partial charge in [0.05, 0.1) is 35.9 Å². The fourth-order valence-electron chi connectivity index (χ4n) is 6.24. The van der Waals surface area contributed by atoms with Crippen molar-refractivity contribution in [2.45, 2.75) is 71.5 Å². The van der Waals surface area contributed by atoms with Crippen molar-refractivity contribution in [2.75, 3.05) is 6.61 Å². The molecule has 1 N–H and O–H groups in total. The largest absolute Gasteiger partial charge is 0.385 e. The van der Waals surface area contributed by atoms with Crippen LogP contribution < -0.4 is 0 Å². The van der Waals surface area contributed by atoms with Gasteiger partial charge in [-0.2, -0.15) is 5.10 Å². The molecule has 0 aliphatic heterocycles. The molecule has 4 unspecified atom stereocenters. The zero-order valence-corrected chi connectivity index (χ0v) is 21.7. The first-order valence-electron chi connectivity index (χ1n) is 13.0. The molecular formula is C30H36FN3O2. The Morgan fingerprint density at radius 2 is 2.00 bits per heavy atom. The highest BCUT2D eigenvalue weighted by molar-refractivity contribution is 5.62. The Kier molecular flexibility index (Phi) is 6.38. The molecule has 36 heavy (non-hydrogen) atoms. The van der Waals surface area contributed by atoms with Gasteiger partial charge in [-0.05, 0) is 87.9 Å². The second-order valence-electron chi connectivity index (χ2n) is 11.1. The van der Waals surface area contributed by atoms with Crippen LogP contribution in [-0.4, -0.2) is 32.6 Å². The summed E-state index contributed by atoms with van der Waals surface area (Å²) in [4.78, 5) is 4.26. The van der Waals surface area contributed by atoms with E-state index < -0.39 is 5.60 Å². The number of benzene rings is 1.